The van der Waals surface area contributed by atoms with Gasteiger partial charge in [-0.3, -0.25) is 9.69 Å². The predicted molar refractivity (Wildman–Crippen MR) is 77.8 cm³/mol. The molecule has 0 aromatic heterocycles. The van der Waals surface area contributed by atoms with Gasteiger partial charge in [0.15, 0.2) is 0 Å². The molecule has 2 heterocycles. The Balaban J connectivity index is 1.90. The van der Waals surface area contributed by atoms with E-state index in [1.165, 1.54) is 0 Å². The molecule has 0 bridgehead atoms. The lowest BCUT2D eigenvalue weighted by atomic mass is 9.87. The average Bonchev–Trinajstić information content (AvgIpc) is 3.03. The molecule has 108 valence electrons. The van der Waals surface area contributed by atoms with Crippen LogP contribution in [0.1, 0.15) is 19.3 Å². The fourth-order valence-electron chi connectivity index (χ4n) is 3.59. The van der Waals surface area contributed by atoms with Gasteiger partial charge in [-0.15, -0.1) is 0 Å². The first-order valence-corrected chi connectivity index (χ1v) is 7.12. The standard InChI is InChI=1S/C15H21N3O2/c1-20-12-5-2-4-11(10-12)17-15(14(16)19)7-9-18-8-3-6-13(15)18/h2,4-5,10,13,17H,3,6-9H2,1H3,(H2,16,19). The minimum absolute atomic E-state index is 0.214. The Morgan fingerprint density at radius 2 is 2.35 bits per heavy atom. The molecule has 2 atom stereocenters. The summed E-state index contributed by atoms with van der Waals surface area (Å²) >= 11 is 0. The fraction of sp³-hybridized carbons (Fsp3) is 0.533. The molecule has 0 aliphatic carbocycles. The highest BCUT2D eigenvalue weighted by atomic mass is 16.5. The number of nitrogens with two attached hydrogens (primary N) is 1. The zero-order valence-electron chi connectivity index (χ0n) is 11.8. The molecule has 0 spiro atoms. The van der Waals surface area contributed by atoms with Crippen molar-refractivity contribution < 1.29 is 9.53 Å². The predicted octanol–water partition coefficient (Wildman–Crippen LogP) is 1.20. The maximum absolute atomic E-state index is 12.1. The number of methoxy groups -OCH3 is 1. The van der Waals surface area contributed by atoms with Gasteiger partial charge in [0.1, 0.15) is 11.3 Å². The summed E-state index contributed by atoms with van der Waals surface area (Å²) in [6.45, 7) is 2.00. The molecular weight excluding hydrogens is 254 g/mol. The number of nitrogens with zero attached hydrogens (tertiary/aromatic N) is 1. The molecule has 1 aromatic carbocycles. The summed E-state index contributed by atoms with van der Waals surface area (Å²) in [6.07, 6.45) is 2.93. The van der Waals surface area contributed by atoms with Crippen molar-refractivity contribution in [1.29, 1.82) is 0 Å². The van der Waals surface area contributed by atoms with Crippen molar-refractivity contribution in [2.75, 3.05) is 25.5 Å². The summed E-state index contributed by atoms with van der Waals surface area (Å²) in [6, 6.07) is 7.87. The second kappa shape index (κ2) is 4.98. The number of primary amides is 1. The van der Waals surface area contributed by atoms with E-state index in [0.717, 1.165) is 43.8 Å². The summed E-state index contributed by atoms with van der Waals surface area (Å²) in [7, 11) is 1.64. The lowest BCUT2D eigenvalue weighted by Gasteiger charge is -2.34. The Bertz CT molecular complexity index is 520. The van der Waals surface area contributed by atoms with E-state index in [4.69, 9.17) is 10.5 Å². The minimum Gasteiger partial charge on any atom is -0.497 e. The topological polar surface area (TPSA) is 67.6 Å². The van der Waals surface area contributed by atoms with E-state index >= 15 is 0 Å². The van der Waals surface area contributed by atoms with Crippen molar-refractivity contribution in [3.05, 3.63) is 24.3 Å². The Labute approximate surface area is 119 Å². The molecule has 1 amide bonds. The number of hydrogen-bond donors (Lipinski definition) is 2. The molecule has 20 heavy (non-hydrogen) atoms. The van der Waals surface area contributed by atoms with Crippen molar-refractivity contribution in [3.8, 4) is 5.75 Å². The zero-order valence-corrected chi connectivity index (χ0v) is 11.8. The van der Waals surface area contributed by atoms with E-state index in [1.807, 2.05) is 24.3 Å². The number of hydrogen-bond acceptors (Lipinski definition) is 4. The molecule has 2 unspecified atom stereocenters. The molecule has 2 aliphatic rings. The number of rotatable bonds is 4. The van der Waals surface area contributed by atoms with Gasteiger partial charge < -0.3 is 15.8 Å². The number of anilines is 1. The highest BCUT2D eigenvalue weighted by Crippen LogP contribution is 2.38. The fourth-order valence-corrected chi connectivity index (χ4v) is 3.59. The number of ether oxygens (including phenoxy) is 1. The second-order valence-corrected chi connectivity index (χ2v) is 5.64. The van der Waals surface area contributed by atoms with E-state index in [0.29, 0.717) is 0 Å². The van der Waals surface area contributed by atoms with Gasteiger partial charge in [-0.1, -0.05) is 6.07 Å². The summed E-state index contributed by atoms with van der Waals surface area (Å²) < 4.78 is 5.23. The Kier molecular flexibility index (Phi) is 3.30. The van der Waals surface area contributed by atoms with Crippen LogP contribution < -0.4 is 15.8 Å². The van der Waals surface area contributed by atoms with E-state index in [2.05, 4.69) is 10.2 Å². The number of benzene rings is 1. The molecule has 5 heteroatoms. The van der Waals surface area contributed by atoms with Gasteiger partial charge in [-0.25, -0.2) is 0 Å². The second-order valence-electron chi connectivity index (χ2n) is 5.64. The molecular formula is C15H21N3O2. The van der Waals surface area contributed by atoms with Gasteiger partial charge in [0.05, 0.1) is 7.11 Å². The third-order valence-corrected chi connectivity index (χ3v) is 4.60. The van der Waals surface area contributed by atoms with Crippen molar-refractivity contribution >= 4 is 11.6 Å². The Morgan fingerprint density at radius 3 is 3.10 bits per heavy atom. The van der Waals surface area contributed by atoms with Crippen LogP contribution in [0.3, 0.4) is 0 Å². The molecule has 2 saturated heterocycles. The summed E-state index contributed by atoms with van der Waals surface area (Å²) in [4.78, 5) is 14.5. The summed E-state index contributed by atoms with van der Waals surface area (Å²) in [5.41, 5.74) is 5.98. The van der Waals surface area contributed by atoms with Crippen LogP contribution in [-0.2, 0) is 4.79 Å². The van der Waals surface area contributed by atoms with Gasteiger partial charge in [0.25, 0.3) is 0 Å². The van der Waals surface area contributed by atoms with Crippen molar-refractivity contribution in [2.24, 2.45) is 5.73 Å². The smallest absolute Gasteiger partial charge is 0.244 e. The number of carbonyl (C=O) groups excluding carboxylic acids is 1. The Morgan fingerprint density at radius 1 is 1.50 bits per heavy atom. The molecule has 3 rings (SSSR count). The molecule has 0 radical (unpaired) electrons. The summed E-state index contributed by atoms with van der Waals surface area (Å²) in [5, 5.41) is 3.40. The SMILES string of the molecule is COc1cccc(NC2(C(N)=O)CCN3CCCC32)c1. The lowest BCUT2D eigenvalue weighted by Crippen LogP contribution is -2.57. The number of fused-ring (bicyclic) bond motifs is 1. The average molecular weight is 275 g/mol. The first-order chi connectivity index (χ1) is 9.65. The molecule has 1 aromatic rings. The van der Waals surface area contributed by atoms with Gasteiger partial charge in [0.2, 0.25) is 5.91 Å². The zero-order chi connectivity index (χ0) is 14.2. The first kappa shape index (κ1) is 13.2. The van der Waals surface area contributed by atoms with E-state index in [-0.39, 0.29) is 11.9 Å². The maximum atomic E-state index is 12.1. The van der Waals surface area contributed by atoms with Gasteiger partial charge >= 0.3 is 0 Å². The van der Waals surface area contributed by atoms with Crippen molar-refractivity contribution in [1.82, 2.24) is 4.90 Å². The van der Waals surface area contributed by atoms with Gasteiger partial charge in [-0.05, 0) is 37.9 Å². The molecule has 5 nitrogen and oxygen atoms in total. The van der Waals surface area contributed by atoms with Crippen LogP contribution in [0.2, 0.25) is 0 Å². The molecule has 0 saturated carbocycles. The van der Waals surface area contributed by atoms with E-state index < -0.39 is 5.54 Å². The molecule has 2 fully saturated rings. The van der Waals surface area contributed by atoms with E-state index in [1.54, 1.807) is 7.11 Å². The third kappa shape index (κ3) is 2.02. The van der Waals surface area contributed by atoms with Crippen LogP contribution in [0.25, 0.3) is 0 Å². The highest BCUT2D eigenvalue weighted by Gasteiger charge is 2.53. The van der Waals surface area contributed by atoms with Crippen LogP contribution in [-0.4, -0.2) is 42.6 Å². The third-order valence-electron chi connectivity index (χ3n) is 4.60. The van der Waals surface area contributed by atoms with Crippen molar-refractivity contribution in [3.63, 3.8) is 0 Å². The molecule has 3 N–H and O–H groups in total. The monoisotopic (exact) mass is 275 g/mol. The van der Waals surface area contributed by atoms with Gasteiger partial charge in [0, 0.05) is 24.3 Å². The largest absolute Gasteiger partial charge is 0.497 e. The maximum Gasteiger partial charge on any atom is 0.244 e. The highest BCUT2D eigenvalue weighted by molar-refractivity contribution is 5.89. The normalized spacial score (nSPS) is 29.1. The van der Waals surface area contributed by atoms with Crippen LogP contribution in [0.4, 0.5) is 5.69 Å². The number of carbonyl (C=O) groups is 1. The van der Waals surface area contributed by atoms with Crippen LogP contribution >= 0.6 is 0 Å². The Hall–Kier alpha value is -1.75. The van der Waals surface area contributed by atoms with E-state index in [9.17, 15) is 4.79 Å². The van der Waals surface area contributed by atoms with Crippen LogP contribution in [0.5, 0.6) is 5.75 Å². The van der Waals surface area contributed by atoms with Crippen molar-refractivity contribution in [2.45, 2.75) is 30.8 Å². The first-order valence-electron chi connectivity index (χ1n) is 7.12. The number of amides is 1. The van der Waals surface area contributed by atoms with Crippen LogP contribution in [0.15, 0.2) is 24.3 Å². The number of nitrogens with one attached hydrogen (secondary N) is 1. The van der Waals surface area contributed by atoms with Gasteiger partial charge in [-0.2, -0.15) is 0 Å². The lowest BCUT2D eigenvalue weighted by molar-refractivity contribution is -0.122. The molecule has 2 aliphatic heterocycles. The van der Waals surface area contributed by atoms with Crippen LogP contribution in [0, 0.1) is 0 Å². The minimum atomic E-state index is -0.650. The quantitative estimate of drug-likeness (QED) is 0.866. The summed E-state index contributed by atoms with van der Waals surface area (Å²) in [5.74, 6) is 0.519.